The minimum absolute atomic E-state index is 0.281. The van der Waals surface area contributed by atoms with E-state index in [2.05, 4.69) is 0 Å². The molecule has 0 fully saturated rings. The van der Waals surface area contributed by atoms with E-state index in [1.807, 2.05) is 0 Å². The quantitative estimate of drug-likeness (QED) is 0.634. The van der Waals surface area contributed by atoms with Crippen molar-refractivity contribution in [2.45, 2.75) is 43.5 Å². The van der Waals surface area contributed by atoms with Crippen molar-refractivity contribution < 1.29 is 20.1 Å². The average Bonchev–Trinajstić information content (AvgIpc) is 2.18. The Morgan fingerprint density at radius 3 is 2.53 bits per heavy atom. The molecular formula is C12H17ClO4. The van der Waals surface area contributed by atoms with Crippen LogP contribution in [0.5, 0.6) is 0 Å². The molecule has 1 aliphatic carbocycles. The van der Waals surface area contributed by atoms with Crippen LogP contribution in [0.2, 0.25) is 0 Å². The third kappa shape index (κ3) is 3.16. The Labute approximate surface area is 105 Å². The van der Waals surface area contributed by atoms with Crippen molar-refractivity contribution >= 4 is 17.4 Å². The van der Waals surface area contributed by atoms with Crippen molar-refractivity contribution in [3.05, 3.63) is 23.8 Å². The number of hydrogen-bond donors (Lipinski definition) is 3. The maximum Gasteiger partial charge on any atom is 0.188 e. The van der Waals surface area contributed by atoms with Gasteiger partial charge in [-0.1, -0.05) is 12.2 Å². The number of aliphatic hydroxyl groups is 3. The standard InChI is InChI=1S/C12H17ClO4/c1-11(2,16)5-4-7-6-8(14)12(3,17)10(13)9(7)15/h4-6,9-10,15-17H,1-3H3. The van der Waals surface area contributed by atoms with Crippen LogP contribution in [0.4, 0.5) is 0 Å². The van der Waals surface area contributed by atoms with Crippen LogP contribution < -0.4 is 0 Å². The van der Waals surface area contributed by atoms with Gasteiger partial charge in [-0.2, -0.15) is 0 Å². The number of alkyl halides is 1. The molecule has 0 radical (unpaired) electrons. The van der Waals surface area contributed by atoms with E-state index in [9.17, 15) is 20.1 Å². The predicted octanol–water partition coefficient (Wildman–Crippen LogP) is 0.542. The highest BCUT2D eigenvalue weighted by Crippen LogP contribution is 2.30. The third-order valence-corrected chi connectivity index (χ3v) is 3.30. The SMILES string of the molecule is CC(C)(O)C=CC1=CC(=O)C(C)(O)C(Cl)C1O. The summed E-state index contributed by atoms with van der Waals surface area (Å²) in [6.07, 6.45) is 2.88. The molecule has 3 unspecified atom stereocenters. The molecule has 0 heterocycles. The molecule has 4 nitrogen and oxygen atoms in total. The van der Waals surface area contributed by atoms with Gasteiger partial charge in [0.15, 0.2) is 5.78 Å². The third-order valence-electron chi connectivity index (χ3n) is 2.64. The maximum absolute atomic E-state index is 11.6. The second-order valence-corrected chi connectivity index (χ2v) is 5.46. The first-order chi connectivity index (χ1) is 7.55. The number of halogens is 1. The minimum Gasteiger partial charge on any atom is -0.387 e. The normalized spacial score (nSPS) is 35.2. The highest BCUT2D eigenvalue weighted by atomic mass is 35.5. The number of carbonyl (C=O) groups excluding carboxylic acids is 1. The smallest absolute Gasteiger partial charge is 0.188 e. The van der Waals surface area contributed by atoms with Gasteiger partial charge in [-0.25, -0.2) is 0 Å². The topological polar surface area (TPSA) is 77.8 Å². The van der Waals surface area contributed by atoms with E-state index in [1.165, 1.54) is 19.1 Å². The Morgan fingerprint density at radius 2 is 2.06 bits per heavy atom. The van der Waals surface area contributed by atoms with Gasteiger partial charge < -0.3 is 15.3 Å². The van der Waals surface area contributed by atoms with Crippen molar-refractivity contribution in [3.8, 4) is 0 Å². The molecule has 17 heavy (non-hydrogen) atoms. The van der Waals surface area contributed by atoms with Gasteiger partial charge in [0.25, 0.3) is 0 Å². The molecule has 0 saturated heterocycles. The fourth-order valence-electron chi connectivity index (χ4n) is 1.44. The molecular weight excluding hydrogens is 244 g/mol. The van der Waals surface area contributed by atoms with Crippen LogP contribution >= 0.6 is 11.6 Å². The number of rotatable bonds is 2. The lowest BCUT2D eigenvalue weighted by atomic mass is 9.83. The Hall–Kier alpha value is -0.680. The molecule has 0 bridgehead atoms. The van der Waals surface area contributed by atoms with Crippen molar-refractivity contribution in [3.63, 3.8) is 0 Å². The molecule has 96 valence electrons. The molecule has 0 aliphatic heterocycles. The number of aliphatic hydroxyl groups excluding tert-OH is 1. The molecule has 0 aromatic rings. The zero-order chi connectivity index (χ0) is 13.4. The summed E-state index contributed by atoms with van der Waals surface area (Å²) < 4.78 is 0. The molecule has 0 amide bonds. The molecule has 5 heteroatoms. The van der Waals surface area contributed by atoms with E-state index in [4.69, 9.17) is 11.6 Å². The summed E-state index contributed by atoms with van der Waals surface area (Å²) in [5, 5.41) is 28.0. The molecule has 0 aromatic heterocycles. The van der Waals surface area contributed by atoms with Gasteiger partial charge in [-0.3, -0.25) is 4.79 Å². The number of hydrogen-bond acceptors (Lipinski definition) is 4. The molecule has 3 atom stereocenters. The minimum atomic E-state index is -1.77. The fourth-order valence-corrected chi connectivity index (χ4v) is 1.70. The van der Waals surface area contributed by atoms with Crippen molar-refractivity contribution in [1.82, 2.24) is 0 Å². The van der Waals surface area contributed by atoms with Gasteiger partial charge in [-0.05, 0) is 32.4 Å². The van der Waals surface area contributed by atoms with Gasteiger partial charge in [0.05, 0.1) is 17.1 Å². The van der Waals surface area contributed by atoms with E-state index in [-0.39, 0.29) is 5.57 Å². The average molecular weight is 261 g/mol. The largest absolute Gasteiger partial charge is 0.387 e. The first kappa shape index (κ1) is 14.4. The van der Waals surface area contributed by atoms with Crippen LogP contribution in [-0.2, 0) is 4.79 Å². The Kier molecular flexibility index (Phi) is 3.84. The molecule has 0 spiro atoms. The molecule has 1 rings (SSSR count). The van der Waals surface area contributed by atoms with Gasteiger partial charge in [0, 0.05) is 0 Å². The summed E-state index contributed by atoms with van der Waals surface area (Å²) in [6, 6.07) is 0. The monoisotopic (exact) mass is 260 g/mol. The molecule has 3 N–H and O–H groups in total. The van der Waals surface area contributed by atoms with Crippen molar-refractivity contribution in [2.24, 2.45) is 0 Å². The maximum atomic E-state index is 11.6. The zero-order valence-electron chi connectivity index (χ0n) is 10.0. The summed E-state index contributed by atoms with van der Waals surface area (Å²) in [6.45, 7) is 4.40. The van der Waals surface area contributed by atoms with E-state index in [1.54, 1.807) is 13.8 Å². The highest BCUT2D eigenvalue weighted by molar-refractivity contribution is 6.25. The van der Waals surface area contributed by atoms with Crippen LogP contribution in [0.25, 0.3) is 0 Å². The van der Waals surface area contributed by atoms with Gasteiger partial charge in [0.1, 0.15) is 5.60 Å². The highest BCUT2D eigenvalue weighted by Gasteiger charge is 2.45. The van der Waals surface area contributed by atoms with Crippen molar-refractivity contribution in [2.75, 3.05) is 0 Å². The fraction of sp³-hybridized carbons (Fsp3) is 0.583. The molecule has 1 aliphatic rings. The zero-order valence-corrected chi connectivity index (χ0v) is 10.8. The second-order valence-electron chi connectivity index (χ2n) is 4.99. The molecule has 0 saturated carbocycles. The van der Waals surface area contributed by atoms with E-state index >= 15 is 0 Å². The summed E-state index contributed by atoms with van der Waals surface area (Å²) in [5.74, 6) is -0.557. The Bertz CT molecular complexity index is 376. The van der Waals surface area contributed by atoms with Crippen LogP contribution in [0, 0.1) is 0 Å². The molecule has 0 aromatic carbocycles. The summed E-state index contributed by atoms with van der Waals surface area (Å²) in [4.78, 5) is 11.6. The van der Waals surface area contributed by atoms with E-state index < -0.39 is 28.5 Å². The van der Waals surface area contributed by atoms with Crippen LogP contribution in [0.1, 0.15) is 20.8 Å². The second kappa shape index (κ2) is 4.53. The number of carbonyl (C=O) groups is 1. The van der Waals surface area contributed by atoms with Crippen LogP contribution in [-0.4, -0.2) is 43.8 Å². The summed E-state index contributed by atoms with van der Waals surface area (Å²) in [5.41, 5.74) is -2.54. The van der Waals surface area contributed by atoms with E-state index in [0.717, 1.165) is 6.08 Å². The van der Waals surface area contributed by atoms with Crippen LogP contribution in [0.3, 0.4) is 0 Å². The first-order valence-electron chi connectivity index (χ1n) is 5.28. The lowest BCUT2D eigenvalue weighted by molar-refractivity contribution is -0.133. The first-order valence-corrected chi connectivity index (χ1v) is 5.71. The Balaban J connectivity index is 3.03. The summed E-state index contributed by atoms with van der Waals surface area (Å²) >= 11 is 5.84. The van der Waals surface area contributed by atoms with Crippen LogP contribution in [0.15, 0.2) is 23.8 Å². The Morgan fingerprint density at radius 1 is 1.53 bits per heavy atom. The van der Waals surface area contributed by atoms with Gasteiger partial charge >= 0.3 is 0 Å². The van der Waals surface area contributed by atoms with E-state index in [0.29, 0.717) is 0 Å². The number of ketones is 1. The summed E-state index contributed by atoms with van der Waals surface area (Å²) in [7, 11) is 0. The van der Waals surface area contributed by atoms with Gasteiger partial charge in [0.2, 0.25) is 0 Å². The van der Waals surface area contributed by atoms with Crippen molar-refractivity contribution in [1.29, 1.82) is 0 Å². The lowest BCUT2D eigenvalue weighted by Gasteiger charge is -2.34. The lowest BCUT2D eigenvalue weighted by Crippen LogP contribution is -2.52. The van der Waals surface area contributed by atoms with Gasteiger partial charge in [-0.15, -0.1) is 11.6 Å². The predicted molar refractivity (Wildman–Crippen MR) is 64.8 cm³/mol.